The Morgan fingerprint density at radius 2 is 1.15 bits per heavy atom. The Bertz CT molecular complexity index is 406. The SMILES string of the molecule is CCCCCCCCCCCCCCCCCCOCC(COC(=O)CCCCCN)OCC. The van der Waals surface area contributed by atoms with Crippen LogP contribution in [0.1, 0.15) is 142 Å². The first kappa shape index (κ1) is 33.4. The molecule has 0 aromatic carbocycles. The molecule has 0 aromatic rings. The Labute approximate surface area is 212 Å². The maximum absolute atomic E-state index is 11.8. The second-order valence-corrected chi connectivity index (χ2v) is 9.74. The monoisotopic (exact) mass is 485 g/mol. The molecule has 2 N–H and O–H groups in total. The van der Waals surface area contributed by atoms with E-state index in [0.29, 0.717) is 26.2 Å². The summed E-state index contributed by atoms with van der Waals surface area (Å²) >= 11 is 0. The van der Waals surface area contributed by atoms with Crippen LogP contribution in [-0.2, 0) is 19.0 Å². The van der Waals surface area contributed by atoms with Crippen LogP contribution < -0.4 is 5.73 Å². The Balaban J connectivity index is 3.41. The van der Waals surface area contributed by atoms with E-state index in [-0.39, 0.29) is 18.7 Å². The minimum absolute atomic E-state index is 0.153. The molecule has 5 heteroatoms. The molecule has 0 aliphatic carbocycles. The Morgan fingerprint density at radius 1 is 0.647 bits per heavy atom. The maximum atomic E-state index is 11.8. The molecule has 0 radical (unpaired) electrons. The van der Waals surface area contributed by atoms with Crippen molar-refractivity contribution < 1.29 is 19.0 Å². The van der Waals surface area contributed by atoms with E-state index in [4.69, 9.17) is 19.9 Å². The van der Waals surface area contributed by atoms with Gasteiger partial charge >= 0.3 is 5.97 Å². The van der Waals surface area contributed by atoms with E-state index in [2.05, 4.69) is 6.92 Å². The van der Waals surface area contributed by atoms with E-state index in [1.54, 1.807) is 0 Å². The standard InChI is InChI=1S/C29H59NO4/c1-3-5-6-7-8-9-10-11-12-13-14-15-16-17-18-22-25-32-26-28(33-4-2)27-34-29(31)23-20-19-21-24-30/h28H,3-27,30H2,1-2H3. The fourth-order valence-corrected chi connectivity index (χ4v) is 4.20. The highest BCUT2D eigenvalue weighted by molar-refractivity contribution is 5.69. The molecule has 0 heterocycles. The number of nitrogens with two attached hydrogens (primary N) is 1. The number of hydrogen-bond acceptors (Lipinski definition) is 5. The minimum atomic E-state index is -0.168. The van der Waals surface area contributed by atoms with Crippen molar-refractivity contribution in [3.05, 3.63) is 0 Å². The third-order valence-corrected chi connectivity index (χ3v) is 6.36. The lowest BCUT2D eigenvalue weighted by Crippen LogP contribution is -2.27. The van der Waals surface area contributed by atoms with Crippen LogP contribution in [0.2, 0.25) is 0 Å². The second-order valence-electron chi connectivity index (χ2n) is 9.74. The van der Waals surface area contributed by atoms with Gasteiger partial charge in [-0.1, -0.05) is 110 Å². The van der Waals surface area contributed by atoms with Gasteiger partial charge in [0, 0.05) is 19.6 Å². The zero-order valence-corrected chi connectivity index (χ0v) is 23.0. The number of esters is 1. The predicted octanol–water partition coefficient (Wildman–Crippen LogP) is 7.73. The molecule has 0 bridgehead atoms. The molecule has 34 heavy (non-hydrogen) atoms. The molecule has 5 nitrogen and oxygen atoms in total. The molecule has 0 aliphatic heterocycles. The van der Waals surface area contributed by atoms with Gasteiger partial charge in [0.25, 0.3) is 0 Å². The number of hydrogen-bond donors (Lipinski definition) is 1. The molecule has 1 unspecified atom stereocenters. The predicted molar refractivity (Wildman–Crippen MR) is 144 cm³/mol. The molecule has 1 atom stereocenters. The van der Waals surface area contributed by atoms with Crippen molar-refractivity contribution in [1.82, 2.24) is 0 Å². The summed E-state index contributed by atoms with van der Waals surface area (Å²) < 4.78 is 16.8. The van der Waals surface area contributed by atoms with Gasteiger partial charge in [-0.05, 0) is 32.7 Å². The highest BCUT2D eigenvalue weighted by Crippen LogP contribution is 2.13. The Hall–Kier alpha value is -0.650. The lowest BCUT2D eigenvalue weighted by molar-refractivity contribution is -0.149. The average molecular weight is 486 g/mol. The number of unbranched alkanes of at least 4 members (excludes halogenated alkanes) is 17. The van der Waals surface area contributed by atoms with Crippen LogP contribution >= 0.6 is 0 Å². The van der Waals surface area contributed by atoms with Crippen molar-refractivity contribution in [2.24, 2.45) is 5.73 Å². The number of ether oxygens (including phenoxy) is 3. The van der Waals surface area contributed by atoms with Crippen LogP contribution in [0.15, 0.2) is 0 Å². The van der Waals surface area contributed by atoms with Gasteiger partial charge in [-0.15, -0.1) is 0 Å². The van der Waals surface area contributed by atoms with Crippen LogP contribution in [0.3, 0.4) is 0 Å². The third-order valence-electron chi connectivity index (χ3n) is 6.36. The number of carbonyl (C=O) groups is 1. The van der Waals surface area contributed by atoms with E-state index >= 15 is 0 Å². The molecule has 0 aromatic heterocycles. The molecule has 0 saturated carbocycles. The molecule has 0 spiro atoms. The van der Waals surface area contributed by atoms with Crippen molar-refractivity contribution in [2.45, 2.75) is 148 Å². The quantitative estimate of drug-likeness (QED) is 0.0906. The second kappa shape index (κ2) is 28.6. The normalized spacial score (nSPS) is 12.2. The summed E-state index contributed by atoms with van der Waals surface area (Å²) in [7, 11) is 0. The van der Waals surface area contributed by atoms with Gasteiger partial charge in [-0.25, -0.2) is 0 Å². The van der Waals surface area contributed by atoms with Gasteiger partial charge in [0.05, 0.1) is 6.61 Å². The summed E-state index contributed by atoms with van der Waals surface area (Å²) in [5, 5.41) is 0. The molecule has 0 rings (SSSR count). The largest absolute Gasteiger partial charge is 0.463 e. The van der Waals surface area contributed by atoms with Crippen LogP contribution in [0.25, 0.3) is 0 Å². The summed E-state index contributed by atoms with van der Waals surface area (Å²) in [6.07, 6.45) is 25.0. The first-order valence-corrected chi connectivity index (χ1v) is 14.8. The summed E-state index contributed by atoms with van der Waals surface area (Å²) in [6.45, 7) is 7.05. The summed E-state index contributed by atoms with van der Waals surface area (Å²) in [5.74, 6) is -0.153. The highest BCUT2D eigenvalue weighted by Gasteiger charge is 2.12. The lowest BCUT2D eigenvalue weighted by Gasteiger charge is -2.17. The minimum Gasteiger partial charge on any atom is -0.463 e. The van der Waals surface area contributed by atoms with Gasteiger partial charge in [0.1, 0.15) is 12.7 Å². The number of rotatable bonds is 28. The fraction of sp³-hybridized carbons (Fsp3) is 0.966. The van der Waals surface area contributed by atoms with Gasteiger partial charge in [-0.2, -0.15) is 0 Å². The average Bonchev–Trinajstić information content (AvgIpc) is 2.84. The first-order valence-electron chi connectivity index (χ1n) is 14.8. The van der Waals surface area contributed by atoms with E-state index in [9.17, 15) is 4.79 Å². The molecule has 0 aliphatic rings. The van der Waals surface area contributed by atoms with Crippen LogP contribution in [-0.4, -0.2) is 45.0 Å². The van der Waals surface area contributed by atoms with Gasteiger partial charge in [-0.3, -0.25) is 4.79 Å². The van der Waals surface area contributed by atoms with Crippen molar-refractivity contribution in [1.29, 1.82) is 0 Å². The van der Waals surface area contributed by atoms with Crippen molar-refractivity contribution in [2.75, 3.05) is 33.0 Å². The first-order chi connectivity index (χ1) is 16.7. The van der Waals surface area contributed by atoms with Crippen LogP contribution in [0.5, 0.6) is 0 Å². The van der Waals surface area contributed by atoms with Crippen LogP contribution in [0, 0.1) is 0 Å². The fourth-order valence-electron chi connectivity index (χ4n) is 4.20. The zero-order chi connectivity index (χ0) is 25.0. The maximum Gasteiger partial charge on any atom is 0.305 e. The van der Waals surface area contributed by atoms with Crippen molar-refractivity contribution >= 4 is 5.97 Å². The lowest BCUT2D eigenvalue weighted by atomic mass is 10.0. The number of carbonyl (C=O) groups excluding carboxylic acids is 1. The molecule has 0 amide bonds. The van der Waals surface area contributed by atoms with Gasteiger partial charge in [0.15, 0.2) is 0 Å². The highest BCUT2D eigenvalue weighted by atomic mass is 16.6. The molecular formula is C29H59NO4. The molecule has 0 saturated heterocycles. The summed E-state index contributed by atoms with van der Waals surface area (Å²) in [6, 6.07) is 0. The van der Waals surface area contributed by atoms with E-state index in [0.717, 1.165) is 32.3 Å². The molecule has 204 valence electrons. The molecular weight excluding hydrogens is 426 g/mol. The van der Waals surface area contributed by atoms with Crippen molar-refractivity contribution in [3.63, 3.8) is 0 Å². The smallest absolute Gasteiger partial charge is 0.305 e. The summed E-state index contributed by atoms with van der Waals surface area (Å²) in [4.78, 5) is 11.8. The topological polar surface area (TPSA) is 70.8 Å². The van der Waals surface area contributed by atoms with E-state index in [1.165, 1.54) is 96.3 Å². The zero-order valence-electron chi connectivity index (χ0n) is 23.0. The third kappa shape index (κ3) is 26.0. The Kier molecular flexibility index (Phi) is 28.0. The Morgan fingerprint density at radius 3 is 1.65 bits per heavy atom. The van der Waals surface area contributed by atoms with Crippen molar-refractivity contribution in [3.8, 4) is 0 Å². The molecule has 0 fully saturated rings. The summed E-state index contributed by atoms with van der Waals surface area (Å²) in [5.41, 5.74) is 5.47. The van der Waals surface area contributed by atoms with E-state index in [1.807, 2.05) is 6.92 Å². The van der Waals surface area contributed by atoms with Gasteiger partial charge < -0.3 is 19.9 Å². The van der Waals surface area contributed by atoms with Gasteiger partial charge in [0.2, 0.25) is 0 Å². The van der Waals surface area contributed by atoms with Crippen LogP contribution in [0.4, 0.5) is 0 Å². The van der Waals surface area contributed by atoms with E-state index < -0.39 is 0 Å².